The third-order valence-corrected chi connectivity index (χ3v) is 3.77. The first-order valence-electron chi connectivity index (χ1n) is 8.97. The zero-order valence-corrected chi connectivity index (χ0v) is 16.3. The van der Waals surface area contributed by atoms with Gasteiger partial charge in [-0.15, -0.1) is 0 Å². The molecule has 0 aliphatic heterocycles. The Morgan fingerprint density at radius 3 is 2.21 bits per heavy atom. The van der Waals surface area contributed by atoms with Crippen molar-refractivity contribution in [1.29, 1.82) is 0 Å². The Kier molecular flexibility index (Phi) is 9.49. The number of ether oxygens (including phenoxy) is 2. The fourth-order valence-electron chi connectivity index (χ4n) is 2.30. The van der Waals surface area contributed by atoms with Gasteiger partial charge in [-0.3, -0.25) is 14.4 Å². The van der Waals surface area contributed by atoms with E-state index in [0.29, 0.717) is 0 Å². The van der Waals surface area contributed by atoms with Crippen molar-refractivity contribution in [3.05, 3.63) is 35.9 Å². The molecule has 1 aromatic carbocycles. The minimum absolute atomic E-state index is 0.0475. The molecule has 0 aliphatic rings. The maximum absolute atomic E-state index is 12.5. The summed E-state index contributed by atoms with van der Waals surface area (Å²) >= 11 is 0. The lowest BCUT2D eigenvalue weighted by atomic mass is 10.0. The summed E-state index contributed by atoms with van der Waals surface area (Å²) in [6, 6.07) is 6.85. The van der Waals surface area contributed by atoms with Gasteiger partial charge in [0.2, 0.25) is 11.8 Å². The molecule has 1 rings (SSSR count). The highest BCUT2D eigenvalue weighted by Crippen LogP contribution is 2.06. The van der Waals surface area contributed by atoms with Crippen LogP contribution in [0.15, 0.2) is 30.3 Å². The molecule has 9 nitrogen and oxygen atoms in total. The second kappa shape index (κ2) is 11.6. The maximum Gasteiger partial charge on any atom is 0.408 e. The molecule has 0 unspecified atom stereocenters. The number of benzene rings is 1. The quantitative estimate of drug-likeness (QED) is 0.504. The fraction of sp³-hybridized carbons (Fsp3) is 0.474. The van der Waals surface area contributed by atoms with Crippen LogP contribution in [0.4, 0.5) is 4.79 Å². The smallest absolute Gasteiger partial charge is 0.408 e. The number of hydrogen-bond donors (Lipinski definition) is 3. The van der Waals surface area contributed by atoms with Crippen molar-refractivity contribution in [2.45, 2.75) is 45.9 Å². The van der Waals surface area contributed by atoms with Crippen molar-refractivity contribution < 1.29 is 28.7 Å². The number of nitrogens with two attached hydrogens (primary N) is 1. The summed E-state index contributed by atoms with van der Waals surface area (Å²) in [5, 5.41) is 4.85. The molecule has 0 saturated heterocycles. The van der Waals surface area contributed by atoms with Crippen molar-refractivity contribution in [2.24, 2.45) is 11.7 Å². The monoisotopic (exact) mass is 393 g/mol. The van der Waals surface area contributed by atoms with E-state index in [1.807, 2.05) is 18.2 Å². The summed E-state index contributed by atoms with van der Waals surface area (Å²) in [5.74, 6) is -2.50. The number of esters is 1. The van der Waals surface area contributed by atoms with Gasteiger partial charge in [0, 0.05) is 0 Å². The van der Waals surface area contributed by atoms with Crippen LogP contribution in [0.3, 0.4) is 0 Å². The van der Waals surface area contributed by atoms with Crippen molar-refractivity contribution >= 4 is 23.9 Å². The van der Waals surface area contributed by atoms with Crippen LogP contribution < -0.4 is 16.4 Å². The Morgan fingerprint density at radius 2 is 1.68 bits per heavy atom. The lowest BCUT2D eigenvalue weighted by Gasteiger charge is -2.23. The number of carbonyl (C=O) groups is 4. The molecule has 0 saturated carbocycles. The van der Waals surface area contributed by atoms with E-state index in [1.54, 1.807) is 32.9 Å². The van der Waals surface area contributed by atoms with Crippen LogP contribution in [0.2, 0.25) is 0 Å². The Balaban J connectivity index is 2.66. The summed E-state index contributed by atoms with van der Waals surface area (Å²) in [7, 11) is 0. The number of alkyl carbamates (subject to hydrolysis) is 1. The molecule has 154 valence electrons. The molecule has 0 aliphatic carbocycles. The molecule has 1 aromatic rings. The molecular formula is C19H27N3O6. The molecule has 0 aromatic heterocycles. The minimum Gasteiger partial charge on any atom is -0.466 e. The SMILES string of the molecule is CCOC(=O)C[C@@H](NC(=O)[C@H](NC(=O)OCc1ccccc1)C(C)C)C(N)=O. The number of carbonyl (C=O) groups excluding carboxylic acids is 4. The van der Waals surface area contributed by atoms with Gasteiger partial charge in [0.15, 0.2) is 0 Å². The largest absolute Gasteiger partial charge is 0.466 e. The number of hydrogen-bond acceptors (Lipinski definition) is 6. The maximum atomic E-state index is 12.5. The third kappa shape index (κ3) is 8.07. The molecule has 0 bridgehead atoms. The van der Waals surface area contributed by atoms with E-state index in [4.69, 9.17) is 15.2 Å². The number of amides is 3. The Hall–Kier alpha value is -3.10. The van der Waals surface area contributed by atoms with Crippen LogP contribution in [-0.2, 0) is 30.5 Å². The predicted octanol–water partition coefficient (Wildman–Crippen LogP) is 0.861. The van der Waals surface area contributed by atoms with Crippen LogP contribution in [0.5, 0.6) is 0 Å². The van der Waals surface area contributed by atoms with Crippen molar-refractivity contribution in [3.8, 4) is 0 Å². The molecule has 0 radical (unpaired) electrons. The van der Waals surface area contributed by atoms with Gasteiger partial charge in [0.05, 0.1) is 13.0 Å². The summed E-state index contributed by atoms with van der Waals surface area (Å²) in [5.41, 5.74) is 6.04. The lowest BCUT2D eigenvalue weighted by molar-refractivity contribution is -0.145. The zero-order chi connectivity index (χ0) is 21.1. The summed E-state index contributed by atoms with van der Waals surface area (Å²) in [4.78, 5) is 47.7. The topological polar surface area (TPSA) is 137 Å². The van der Waals surface area contributed by atoms with E-state index >= 15 is 0 Å². The van der Waals surface area contributed by atoms with E-state index in [0.717, 1.165) is 5.56 Å². The molecule has 0 spiro atoms. The van der Waals surface area contributed by atoms with Crippen molar-refractivity contribution in [2.75, 3.05) is 6.61 Å². The van der Waals surface area contributed by atoms with Crippen LogP contribution in [-0.4, -0.2) is 42.6 Å². The van der Waals surface area contributed by atoms with E-state index < -0.39 is 42.4 Å². The molecule has 4 N–H and O–H groups in total. The van der Waals surface area contributed by atoms with Crippen molar-refractivity contribution in [3.63, 3.8) is 0 Å². The van der Waals surface area contributed by atoms with Gasteiger partial charge in [-0.05, 0) is 18.4 Å². The Labute approximate surface area is 163 Å². The van der Waals surface area contributed by atoms with E-state index in [-0.39, 0.29) is 19.1 Å². The molecule has 3 amide bonds. The first kappa shape index (κ1) is 22.9. The zero-order valence-electron chi connectivity index (χ0n) is 16.3. The number of rotatable bonds is 10. The average Bonchev–Trinajstić information content (AvgIpc) is 2.64. The van der Waals surface area contributed by atoms with E-state index in [1.165, 1.54) is 0 Å². The highest BCUT2D eigenvalue weighted by Gasteiger charge is 2.29. The second-order valence-corrected chi connectivity index (χ2v) is 6.40. The van der Waals surface area contributed by atoms with Gasteiger partial charge in [-0.1, -0.05) is 44.2 Å². The second-order valence-electron chi connectivity index (χ2n) is 6.40. The van der Waals surface area contributed by atoms with Gasteiger partial charge in [-0.25, -0.2) is 4.79 Å². The van der Waals surface area contributed by atoms with Crippen molar-refractivity contribution in [1.82, 2.24) is 10.6 Å². The van der Waals surface area contributed by atoms with Gasteiger partial charge < -0.3 is 25.8 Å². The normalized spacial score (nSPS) is 12.6. The molecule has 2 atom stereocenters. The molecule has 0 fully saturated rings. The van der Waals surface area contributed by atoms with Crippen LogP contribution in [0.1, 0.15) is 32.8 Å². The van der Waals surface area contributed by atoms with Crippen LogP contribution in [0.25, 0.3) is 0 Å². The fourth-order valence-corrected chi connectivity index (χ4v) is 2.30. The Morgan fingerprint density at radius 1 is 1.04 bits per heavy atom. The lowest BCUT2D eigenvalue weighted by Crippen LogP contribution is -2.55. The average molecular weight is 393 g/mol. The number of nitrogens with one attached hydrogen (secondary N) is 2. The summed E-state index contributed by atoms with van der Waals surface area (Å²) < 4.78 is 9.87. The first-order chi connectivity index (χ1) is 13.2. The minimum atomic E-state index is -1.24. The molecule has 0 heterocycles. The van der Waals surface area contributed by atoms with E-state index in [9.17, 15) is 19.2 Å². The third-order valence-electron chi connectivity index (χ3n) is 3.77. The van der Waals surface area contributed by atoms with Crippen LogP contribution in [0, 0.1) is 5.92 Å². The highest BCUT2D eigenvalue weighted by atomic mass is 16.5. The summed E-state index contributed by atoms with van der Waals surface area (Å²) in [6.45, 7) is 5.24. The molecular weight excluding hydrogens is 366 g/mol. The van der Waals surface area contributed by atoms with E-state index in [2.05, 4.69) is 10.6 Å². The van der Waals surface area contributed by atoms with Gasteiger partial charge in [0.25, 0.3) is 0 Å². The standard InChI is InChI=1S/C19H27N3O6/c1-4-27-15(23)10-14(17(20)24)21-18(25)16(12(2)3)22-19(26)28-11-13-8-6-5-7-9-13/h5-9,12,14,16H,4,10-11H2,1-3H3,(H2,20,24)(H,21,25)(H,22,26)/t14-,16-/m1/s1. The van der Waals surface area contributed by atoms with Gasteiger partial charge in [0.1, 0.15) is 18.7 Å². The van der Waals surface area contributed by atoms with Gasteiger partial charge in [-0.2, -0.15) is 0 Å². The molecule has 28 heavy (non-hydrogen) atoms. The summed E-state index contributed by atoms with van der Waals surface area (Å²) in [6.07, 6.45) is -1.17. The Bertz CT molecular complexity index is 678. The number of primary amides is 1. The predicted molar refractivity (Wildman–Crippen MR) is 101 cm³/mol. The first-order valence-corrected chi connectivity index (χ1v) is 8.97. The van der Waals surface area contributed by atoms with Crippen LogP contribution >= 0.6 is 0 Å². The molecule has 9 heteroatoms. The van der Waals surface area contributed by atoms with Gasteiger partial charge >= 0.3 is 12.1 Å². The highest BCUT2D eigenvalue weighted by molar-refractivity contribution is 5.92.